The second-order valence-corrected chi connectivity index (χ2v) is 48.8. The number of halogens is 1. The largest absolute Gasteiger partial charge is 0.397 e. The average molecular weight is 1670 g/mol. The number of nitrogens with one attached hydrogen (secondary N) is 1. The molecular formula is C106H177FN2O9S. The maximum atomic E-state index is 14.2. The molecule has 16 aliphatic carbocycles. The number of nitrogens with zero attached hydrogens (tertiary/aromatic N) is 1. The number of alkyl halides is 1. The van der Waals surface area contributed by atoms with Gasteiger partial charge in [0, 0.05) is 25.6 Å². The summed E-state index contributed by atoms with van der Waals surface area (Å²) in [6.07, 6.45) is 55.7. The third kappa shape index (κ3) is 18.7. The van der Waals surface area contributed by atoms with Crippen LogP contribution in [0.4, 0.5) is 4.39 Å². The number of rotatable bonds is 21. The Morgan fingerprint density at radius 2 is 1.04 bits per heavy atom. The van der Waals surface area contributed by atoms with Gasteiger partial charge in [0.2, 0.25) is 5.91 Å². The van der Waals surface area contributed by atoms with E-state index in [2.05, 4.69) is 152 Å². The molecule has 0 aromatic carbocycles. The molecule has 0 aliphatic heterocycles. The van der Waals surface area contributed by atoms with Crippen molar-refractivity contribution in [2.45, 2.75) is 418 Å². The van der Waals surface area contributed by atoms with E-state index in [1.807, 2.05) is 20.8 Å². The van der Waals surface area contributed by atoms with Crippen molar-refractivity contribution in [1.29, 1.82) is 0 Å². The molecule has 13 heteroatoms. The molecule has 119 heavy (non-hydrogen) atoms. The lowest BCUT2D eigenvalue weighted by atomic mass is 9.44. The van der Waals surface area contributed by atoms with Crippen LogP contribution in [0.2, 0.25) is 0 Å². The number of hydrogen-bond acceptors (Lipinski definition) is 9. The van der Waals surface area contributed by atoms with Crippen LogP contribution in [-0.2, 0) is 19.4 Å². The molecule has 16 aliphatic rings. The van der Waals surface area contributed by atoms with Gasteiger partial charge in [0.25, 0.3) is 0 Å². The molecule has 16 rings (SSSR count). The Morgan fingerprint density at radius 1 is 0.529 bits per heavy atom. The van der Waals surface area contributed by atoms with Crippen LogP contribution in [0.25, 0.3) is 0 Å². The molecule has 6 N–H and O–H groups in total. The van der Waals surface area contributed by atoms with Crippen molar-refractivity contribution < 1.29 is 46.8 Å². The van der Waals surface area contributed by atoms with Crippen LogP contribution in [0.3, 0.4) is 0 Å². The first kappa shape index (κ1) is 94.4. The SMILES string of the molecule is CC(C)=CCCC(C)C1CCC2C3=CC=C4CC(OS(=O)(=O)O)CCC4(C)C3CCC21C.CC(C)C(F)CCN(C)C1CCC2C3CC=C4C[C@H](O)CCC4(C)C3CCC21C.CC(C)CCCC(C)C1CCC2C3CC=C4CC(O)CCC4(C)C3CCC12C.CCNC(=O)CCC(C)C1CCC2C3C[C@H](O)[C@@H]4C[C@H](O)CCC4(C)C3CCC12C. The van der Waals surface area contributed by atoms with Gasteiger partial charge >= 0.3 is 10.4 Å². The average Bonchev–Trinajstić information content (AvgIpc) is 1.69. The zero-order valence-electron chi connectivity index (χ0n) is 79.1. The minimum absolute atomic E-state index is 0.0766. The topological polar surface area (TPSA) is 177 Å². The van der Waals surface area contributed by atoms with Crippen molar-refractivity contribution >= 4 is 16.3 Å². The van der Waals surface area contributed by atoms with Gasteiger partial charge in [-0.2, -0.15) is 8.42 Å². The number of aliphatic hydroxyl groups is 4. The fourth-order valence-corrected chi connectivity index (χ4v) is 34.5. The van der Waals surface area contributed by atoms with Gasteiger partial charge in [-0.1, -0.05) is 181 Å². The van der Waals surface area contributed by atoms with Crippen LogP contribution in [0.15, 0.2) is 58.2 Å². The van der Waals surface area contributed by atoms with Gasteiger partial charge in [-0.25, -0.2) is 8.57 Å². The maximum Gasteiger partial charge on any atom is 0.397 e. The highest BCUT2D eigenvalue weighted by molar-refractivity contribution is 7.80. The number of carbonyl (C=O) groups excluding carboxylic acids is 1. The second-order valence-electron chi connectivity index (χ2n) is 47.8. The fraction of sp³-hybridized carbons (Fsp3) is 0.896. The molecule has 0 aromatic rings. The van der Waals surface area contributed by atoms with E-state index in [1.54, 1.807) is 16.7 Å². The molecule has 0 bridgehead atoms. The van der Waals surface area contributed by atoms with E-state index in [-0.39, 0.29) is 53.0 Å². The molecule has 13 saturated carbocycles. The normalized spacial score (nSPS) is 45.1. The number of allylic oxidation sites excluding steroid dienone is 7. The standard InChI is InChI=1S/C27H42O4S.C27H46O.C26H44FNO.C26H45NO3/c1-18(2)7-6-8-19(3)23-11-12-24-22-10-9-20-17-21(31-32(28,29)30)13-15-26(20,4)25(22)14-16-27(23,24)5;1-18(2)7-6-8-19(3)23-11-12-24-22-10-9-20-17-21(28)13-15-26(20,4)25(22)14-16-27(23,24)5;1-17(2)23(27)12-15-28(5)24-9-8-21-20-7-6-18-16-19(29)10-13-25(18,3)22(20)11-14-26(21,24)4;1-5-27-24(30)9-6-16(2)19-7-8-20-18-15-23(29)22-14-17(28)10-12-26(22,4)21(18)11-13-25(19,20)3/h7,9-10,19,21,23-25H,6,8,11-17H2,1-5H3,(H,28,29,30);9,18-19,21-25,28H,6-8,10-17H2,1-5H3;6,17,19-24,29H,7-16H2,1-5H3;16-23,28-29H,5-15H2,1-4H3,(H,27,30)/t;;19-,20?,21?,22?,23?,24?,25?,26?;16?,17-,18?,19?,20?,21?,22+,23+,25?,26?/m..11/s1. The van der Waals surface area contributed by atoms with E-state index in [1.165, 1.54) is 172 Å². The molecule has 0 heterocycles. The van der Waals surface area contributed by atoms with Crippen LogP contribution >= 0.6 is 0 Å². The monoisotopic (exact) mass is 1670 g/mol. The van der Waals surface area contributed by atoms with Crippen molar-refractivity contribution in [3.63, 3.8) is 0 Å². The van der Waals surface area contributed by atoms with Crippen molar-refractivity contribution in [2.75, 3.05) is 20.1 Å². The minimum atomic E-state index is -4.40. The van der Waals surface area contributed by atoms with Crippen molar-refractivity contribution in [2.24, 2.45) is 162 Å². The van der Waals surface area contributed by atoms with Gasteiger partial charge in [-0.15, -0.1) is 0 Å². The van der Waals surface area contributed by atoms with Crippen molar-refractivity contribution in [3.05, 3.63) is 58.2 Å². The van der Waals surface area contributed by atoms with Gasteiger partial charge in [-0.3, -0.25) is 9.35 Å². The zero-order valence-corrected chi connectivity index (χ0v) is 79.9. The molecule has 0 saturated heterocycles. The lowest BCUT2D eigenvalue weighted by Gasteiger charge is -2.62. The molecule has 0 aromatic heterocycles. The summed E-state index contributed by atoms with van der Waals surface area (Å²) in [4.78, 5) is 14.5. The molecule has 678 valence electrons. The van der Waals surface area contributed by atoms with Crippen LogP contribution in [0, 0.1) is 162 Å². The summed E-state index contributed by atoms with van der Waals surface area (Å²) in [5.74, 6) is 14.6. The first-order valence-electron chi connectivity index (χ1n) is 50.5. The van der Waals surface area contributed by atoms with Crippen LogP contribution in [0.5, 0.6) is 0 Å². The predicted molar refractivity (Wildman–Crippen MR) is 487 cm³/mol. The number of fused-ring (bicyclic) bond motifs is 20. The highest BCUT2D eigenvalue weighted by Crippen LogP contribution is 2.73. The minimum Gasteiger partial charge on any atom is -0.393 e. The summed E-state index contributed by atoms with van der Waals surface area (Å²) in [5, 5.41) is 44.7. The number of aliphatic hydroxyl groups excluding tert-OH is 4. The highest BCUT2D eigenvalue weighted by atomic mass is 32.3. The maximum absolute atomic E-state index is 14.2. The Kier molecular flexibility index (Phi) is 29.7. The fourth-order valence-electron chi connectivity index (χ4n) is 34.0. The summed E-state index contributed by atoms with van der Waals surface area (Å²) >= 11 is 0. The van der Waals surface area contributed by atoms with Crippen LogP contribution in [0.1, 0.15) is 375 Å². The zero-order chi connectivity index (χ0) is 86.1. The highest BCUT2D eigenvalue weighted by Gasteiger charge is 2.65. The lowest BCUT2D eigenvalue weighted by molar-refractivity contribution is -0.172. The number of amides is 1. The van der Waals surface area contributed by atoms with Gasteiger partial charge in [0.15, 0.2) is 0 Å². The molecule has 11 nitrogen and oxygen atoms in total. The number of carbonyl (C=O) groups is 1. The molecule has 29 unspecified atom stereocenters. The first-order valence-corrected chi connectivity index (χ1v) is 51.9. The Morgan fingerprint density at radius 3 is 1.63 bits per heavy atom. The Balaban J connectivity index is 0.000000137. The Hall–Kier alpha value is -2.23. The lowest BCUT2D eigenvalue weighted by Crippen LogP contribution is -2.58. The van der Waals surface area contributed by atoms with E-state index in [0.717, 1.165) is 142 Å². The van der Waals surface area contributed by atoms with Crippen LogP contribution < -0.4 is 5.32 Å². The van der Waals surface area contributed by atoms with E-state index in [4.69, 9.17) is 8.74 Å². The van der Waals surface area contributed by atoms with E-state index in [0.29, 0.717) is 106 Å². The summed E-state index contributed by atoms with van der Waals surface area (Å²) in [6, 6.07) is 0.610. The van der Waals surface area contributed by atoms with Crippen molar-refractivity contribution in [3.8, 4) is 0 Å². The van der Waals surface area contributed by atoms with Crippen LogP contribution in [-0.4, -0.2) is 107 Å². The van der Waals surface area contributed by atoms with Gasteiger partial charge in [0.05, 0.1) is 30.5 Å². The van der Waals surface area contributed by atoms with E-state index < -0.39 is 22.7 Å². The molecule has 13 fully saturated rings. The third-order valence-corrected chi connectivity index (χ3v) is 41.2. The summed E-state index contributed by atoms with van der Waals surface area (Å²) in [7, 11) is -2.15. The van der Waals surface area contributed by atoms with Crippen molar-refractivity contribution in [1.82, 2.24) is 10.2 Å². The quantitative estimate of drug-likeness (QED) is 0.0479. The van der Waals surface area contributed by atoms with Gasteiger partial charge in [-0.05, 0) is 414 Å². The van der Waals surface area contributed by atoms with Gasteiger partial charge in [0.1, 0.15) is 6.17 Å². The second kappa shape index (κ2) is 37.5. The van der Waals surface area contributed by atoms with E-state index in [9.17, 15) is 38.0 Å². The first-order chi connectivity index (χ1) is 56.1. The molecule has 0 spiro atoms. The number of hydrogen-bond donors (Lipinski definition) is 6. The van der Waals surface area contributed by atoms with Gasteiger partial charge < -0.3 is 30.6 Å². The molecule has 0 radical (unpaired) electrons. The summed E-state index contributed by atoms with van der Waals surface area (Å²) in [5.41, 5.74) is 10.3. The molecular weight excluding hydrogens is 1500 g/mol. The Labute approximate surface area is 726 Å². The summed E-state index contributed by atoms with van der Waals surface area (Å²) in [6.45, 7) is 44.4. The predicted octanol–water partition coefficient (Wildman–Crippen LogP) is 25.0. The third-order valence-electron chi connectivity index (χ3n) is 40.7. The summed E-state index contributed by atoms with van der Waals surface area (Å²) < 4.78 is 50.7. The smallest absolute Gasteiger partial charge is 0.393 e. The van der Waals surface area contributed by atoms with E-state index >= 15 is 0 Å². The Bertz CT molecular complexity index is 3730. The molecule has 33 atom stereocenters. The molecule has 1 amide bonds.